The standard InChI is InChI=1S/C19H22Cl2O3/c1-13(2)24-17-9-14(4-3-7-22)8-15(10-17)12-23-19-6-5-16(20)11-18(19)21/h5-6,8-11,13,22H,3-4,7,12H2,1-2H3. The molecule has 3 nitrogen and oxygen atoms in total. The lowest BCUT2D eigenvalue weighted by Gasteiger charge is -2.14. The van der Waals surface area contributed by atoms with Gasteiger partial charge < -0.3 is 14.6 Å². The van der Waals surface area contributed by atoms with Crippen LogP contribution in [-0.2, 0) is 13.0 Å². The number of hydrogen-bond acceptors (Lipinski definition) is 3. The molecule has 0 aromatic heterocycles. The SMILES string of the molecule is CC(C)Oc1cc(CCCO)cc(COc2ccc(Cl)cc2Cl)c1. The maximum Gasteiger partial charge on any atom is 0.138 e. The zero-order chi connectivity index (χ0) is 17.5. The quantitative estimate of drug-likeness (QED) is 0.688. The summed E-state index contributed by atoms with van der Waals surface area (Å²) in [6, 6.07) is 11.2. The summed E-state index contributed by atoms with van der Waals surface area (Å²) in [6.07, 6.45) is 1.60. The molecule has 2 aromatic carbocycles. The fourth-order valence-electron chi connectivity index (χ4n) is 2.33. The molecule has 24 heavy (non-hydrogen) atoms. The van der Waals surface area contributed by atoms with Crippen LogP contribution in [0.15, 0.2) is 36.4 Å². The van der Waals surface area contributed by atoms with Crippen molar-refractivity contribution in [3.8, 4) is 11.5 Å². The second-order valence-electron chi connectivity index (χ2n) is 5.84. The van der Waals surface area contributed by atoms with Crippen molar-refractivity contribution in [2.24, 2.45) is 0 Å². The van der Waals surface area contributed by atoms with Crippen LogP contribution >= 0.6 is 23.2 Å². The van der Waals surface area contributed by atoms with E-state index in [0.717, 1.165) is 23.3 Å². The van der Waals surface area contributed by atoms with E-state index in [4.69, 9.17) is 37.8 Å². The Morgan fingerprint density at radius 2 is 1.79 bits per heavy atom. The molecule has 0 aliphatic carbocycles. The molecular formula is C19H22Cl2O3. The Kier molecular flexibility index (Phi) is 7.22. The van der Waals surface area contributed by atoms with Crippen molar-refractivity contribution >= 4 is 23.2 Å². The number of ether oxygens (including phenoxy) is 2. The van der Waals surface area contributed by atoms with E-state index in [0.29, 0.717) is 28.8 Å². The lowest BCUT2D eigenvalue weighted by Crippen LogP contribution is -2.07. The maximum atomic E-state index is 9.04. The van der Waals surface area contributed by atoms with Gasteiger partial charge in [0.1, 0.15) is 18.1 Å². The monoisotopic (exact) mass is 368 g/mol. The molecule has 0 atom stereocenters. The van der Waals surface area contributed by atoms with E-state index in [9.17, 15) is 0 Å². The highest BCUT2D eigenvalue weighted by Gasteiger charge is 2.07. The summed E-state index contributed by atoms with van der Waals surface area (Å²) >= 11 is 12.0. The van der Waals surface area contributed by atoms with Crippen molar-refractivity contribution < 1.29 is 14.6 Å². The second kappa shape index (κ2) is 9.16. The van der Waals surface area contributed by atoms with Crippen LogP contribution in [0.3, 0.4) is 0 Å². The van der Waals surface area contributed by atoms with Crippen LogP contribution in [0.5, 0.6) is 11.5 Å². The average molecular weight is 369 g/mol. The first-order valence-corrected chi connectivity index (χ1v) is 8.71. The molecule has 0 unspecified atom stereocenters. The first-order valence-electron chi connectivity index (χ1n) is 7.96. The highest BCUT2D eigenvalue weighted by Crippen LogP contribution is 2.29. The molecule has 5 heteroatoms. The zero-order valence-corrected chi connectivity index (χ0v) is 15.4. The van der Waals surface area contributed by atoms with Crippen LogP contribution in [0.4, 0.5) is 0 Å². The van der Waals surface area contributed by atoms with Crippen LogP contribution in [0.1, 0.15) is 31.4 Å². The summed E-state index contributed by atoms with van der Waals surface area (Å²) in [7, 11) is 0. The number of aliphatic hydroxyl groups is 1. The largest absolute Gasteiger partial charge is 0.491 e. The summed E-state index contributed by atoms with van der Waals surface area (Å²) in [5.41, 5.74) is 2.11. The first kappa shape index (κ1) is 18.9. The van der Waals surface area contributed by atoms with Crippen molar-refractivity contribution in [1.29, 1.82) is 0 Å². The number of aryl methyl sites for hydroxylation is 1. The molecule has 0 radical (unpaired) electrons. The Morgan fingerprint density at radius 1 is 1.04 bits per heavy atom. The highest BCUT2D eigenvalue weighted by molar-refractivity contribution is 6.35. The smallest absolute Gasteiger partial charge is 0.138 e. The minimum Gasteiger partial charge on any atom is -0.491 e. The molecule has 0 spiro atoms. The molecular weight excluding hydrogens is 347 g/mol. The van der Waals surface area contributed by atoms with Crippen molar-refractivity contribution in [1.82, 2.24) is 0 Å². The maximum absolute atomic E-state index is 9.04. The highest BCUT2D eigenvalue weighted by atomic mass is 35.5. The normalized spacial score (nSPS) is 10.9. The van der Waals surface area contributed by atoms with Crippen LogP contribution in [-0.4, -0.2) is 17.8 Å². The van der Waals surface area contributed by atoms with E-state index in [2.05, 4.69) is 6.07 Å². The summed E-state index contributed by atoms with van der Waals surface area (Å²) in [6.45, 7) is 4.53. The third-order valence-electron chi connectivity index (χ3n) is 3.31. The first-order chi connectivity index (χ1) is 11.5. The zero-order valence-electron chi connectivity index (χ0n) is 13.9. The van der Waals surface area contributed by atoms with Crippen molar-refractivity contribution in [3.63, 3.8) is 0 Å². The van der Waals surface area contributed by atoms with Gasteiger partial charge in [0.15, 0.2) is 0 Å². The van der Waals surface area contributed by atoms with Crippen molar-refractivity contribution in [2.45, 2.75) is 39.4 Å². The third-order valence-corrected chi connectivity index (χ3v) is 3.84. The summed E-state index contributed by atoms with van der Waals surface area (Å²) in [5, 5.41) is 10.1. The number of aliphatic hydroxyl groups excluding tert-OH is 1. The number of halogens is 2. The molecule has 0 aliphatic heterocycles. The minimum atomic E-state index is 0.0950. The van der Waals surface area contributed by atoms with Crippen LogP contribution in [0.25, 0.3) is 0 Å². The molecule has 2 rings (SSSR count). The molecule has 0 fully saturated rings. The van der Waals surface area contributed by atoms with Gasteiger partial charge in [-0.15, -0.1) is 0 Å². The molecule has 130 valence electrons. The predicted molar refractivity (Wildman–Crippen MR) is 98.4 cm³/mol. The van der Waals surface area contributed by atoms with Gasteiger partial charge >= 0.3 is 0 Å². The Morgan fingerprint density at radius 3 is 2.46 bits per heavy atom. The molecule has 0 bridgehead atoms. The molecule has 0 aliphatic rings. The minimum absolute atomic E-state index is 0.0950. The van der Waals surface area contributed by atoms with E-state index in [1.165, 1.54) is 0 Å². The van der Waals surface area contributed by atoms with E-state index >= 15 is 0 Å². The van der Waals surface area contributed by atoms with E-state index in [1.807, 2.05) is 26.0 Å². The fraction of sp³-hybridized carbons (Fsp3) is 0.368. The van der Waals surface area contributed by atoms with Gasteiger partial charge in [0.25, 0.3) is 0 Å². The Hall–Kier alpha value is -1.42. The molecule has 2 aromatic rings. The number of benzene rings is 2. The third kappa shape index (κ3) is 5.90. The fourth-order valence-corrected chi connectivity index (χ4v) is 2.80. The number of rotatable bonds is 8. The van der Waals surface area contributed by atoms with Gasteiger partial charge in [0.05, 0.1) is 11.1 Å². The van der Waals surface area contributed by atoms with Gasteiger partial charge in [0, 0.05) is 11.6 Å². The van der Waals surface area contributed by atoms with E-state index in [-0.39, 0.29) is 12.7 Å². The van der Waals surface area contributed by atoms with E-state index in [1.54, 1.807) is 18.2 Å². The second-order valence-corrected chi connectivity index (χ2v) is 6.69. The number of hydrogen-bond donors (Lipinski definition) is 1. The van der Waals surface area contributed by atoms with Gasteiger partial charge in [-0.2, -0.15) is 0 Å². The molecule has 0 saturated heterocycles. The van der Waals surface area contributed by atoms with Gasteiger partial charge in [-0.05, 0) is 68.1 Å². The lowest BCUT2D eigenvalue weighted by molar-refractivity contribution is 0.240. The Bertz CT molecular complexity index is 672. The summed E-state index contributed by atoms with van der Waals surface area (Å²) in [5.74, 6) is 1.40. The summed E-state index contributed by atoms with van der Waals surface area (Å²) < 4.78 is 11.6. The van der Waals surface area contributed by atoms with Gasteiger partial charge in [-0.3, -0.25) is 0 Å². The van der Waals surface area contributed by atoms with Crippen molar-refractivity contribution in [3.05, 3.63) is 57.6 Å². The lowest BCUT2D eigenvalue weighted by atomic mass is 10.1. The summed E-state index contributed by atoms with van der Waals surface area (Å²) in [4.78, 5) is 0. The molecule has 0 amide bonds. The predicted octanol–water partition coefficient (Wildman–Crippen LogP) is 5.28. The van der Waals surface area contributed by atoms with Crippen molar-refractivity contribution in [2.75, 3.05) is 6.61 Å². The van der Waals surface area contributed by atoms with E-state index < -0.39 is 0 Å². The van der Waals surface area contributed by atoms with Gasteiger partial charge in [-0.25, -0.2) is 0 Å². The average Bonchev–Trinajstić information content (AvgIpc) is 2.51. The Balaban J connectivity index is 2.14. The van der Waals surface area contributed by atoms with Crippen LogP contribution in [0.2, 0.25) is 10.0 Å². The van der Waals surface area contributed by atoms with Gasteiger partial charge in [-0.1, -0.05) is 29.3 Å². The Labute approximate surface area is 153 Å². The van der Waals surface area contributed by atoms with Gasteiger partial charge in [0.2, 0.25) is 0 Å². The van der Waals surface area contributed by atoms with Crippen LogP contribution < -0.4 is 9.47 Å². The molecule has 0 saturated carbocycles. The molecule has 0 heterocycles. The molecule has 1 N–H and O–H groups in total. The topological polar surface area (TPSA) is 38.7 Å². The van der Waals surface area contributed by atoms with Crippen LogP contribution in [0, 0.1) is 0 Å².